The number of hydrogen-bond acceptors (Lipinski definition) is 4. The molecule has 0 bridgehead atoms. The smallest absolute Gasteiger partial charge is 0.261 e. The van der Waals surface area contributed by atoms with E-state index < -0.39 is 15.9 Å². The fourth-order valence-electron chi connectivity index (χ4n) is 3.24. The van der Waals surface area contributed by atoms with Gasteiger partial charge in [0, 0.05) is 17.8 Å². The van der Waals surface area contributed by atoms with E-state index in [-0.39, 0.29) is 28.9 Å². The standard InChI is InChI=1S/C24H26FN3O3S/c1-17-10-12-21(13-11-17)27-32(30,31)22-9-5-7-19(15-22)24(29)26-16-23(28(2)3)18-6-4-8-20(25)14-18/h4-15,23,27H,16H2,1-3H3,(H,26,29). The normalized spacial score (nSPS) is 12.4. The van der Waals surface area contributed by atoms with Crippen molar-refractivity contribution in [3.8, 4) is 0 Å². The number of amides is 1. The average molecular weight is 456 g/mol. The molecule has 8 heteroatoms. The van der Waals surface area contributed by atoms with Crippen LogP contribution < -0.4 is 10.0 Å². The van der Waals surface area contributed by atoms with E-state index in [1.807, 2.05) is 38.1 Å². The molecule has 3 aromatic carbocycles. The van der Waals surface area contributed by atoms with E-state index >= 15 is 0 Å². The number of aryl methyl sites for hydroxylation is 1. The van der Waals surface area contributed by atoms with Crippen LogP contribution in [-0.4, -0.2) is 39.9 Å². The van der Waals surface area contributed by atoms with Crippen molar-refractivity contribution in [2.24, 2.45) is 0 Å². The molecule has 0 aliphatic carbocycles. The van der Waals surface area contributed by atoms with Crippen LogP contribution in [-0.2, 0) is 10.0 Å². The van der Waals surface area contributed by atoms with Crippen LogP contribution >= 0.6 is 0 Å². The van der Waals surface area contributed by atoms with E-state index in [1.165, 1.54) is 30.3 Å². The van der Waals surface area contributed by atoms with Gasteiger partial charge in [0.2, 0.25) is 0 Å². The number of rotatable bonds is 8. The minimum atomic E-state index is -3.85. The van der Waals surface area contributed by atoms with Gasteiger partial charge in [-0.1, -0.05) is 35.9 Å². The summed E-state index contributed by atoms with van der Waals surface area (Å²) in [6.07, 6.45) is 0. The highest BCUT2D eigenvalue weighted by Crippen LogP contribution is 2.20. The van der Waals surface area contributed by atoms with Gasteiger partial charge in [-0.15, -0.1) is 0 Å². The molecule has 0 radical (unpaired) electrons. The third kappa shape index (κ3) is 5.93. The van der Waals surface area contributed by atoms with Crippen LogP contribution in [0.1, 0.15) is 27.5 Å². The molecule has 32 heavy (non-hydrogen) atoms. The highest BCUT2D eigenvalue weighted by Gasteiger charge is 2.19. The Morgan fingerprint density at radius 1 is 1.00 bits per heavy atom. The zero-order chi connectivity index (χ0) is 23.3. The van der Waals surface area contributed by atoms with Crippen molar-refractivity contribution in [3.63, 3.8) is 0 Å². The van der Waals surface area contributed by atoms with E-state index in [4.69, 9.17) is 0 Å². The molecule has 0 aromatic heterocycles. The molecule has 6 nitrogen and oxygen atoms in total. The van der Waals surface area contributed by atoms with Gasteiger partial charge in [-0.25, -0.2) is 12.8 Å². The molecule has 1 amide bonds. The van der Waals surface area contributed by atoms with Crippen LogP contribution in [0.2, 0.25) is 0 Å². The average Bonchev–Trinajstić information content (AvgIpc) is 2.75. The predicted octanol–water partition coefficient (Wildman–Crippen LogP) is 3.97. The zero-order valence-corrected chi connectivity index (χ0v) is 19.0. The van der Waals surface area contributed by atoms with Crippen LogP contribution in [0.15, 0.2) is 77.7 Å². The van der Waals surface area contributed by atoms with Crippen molar-refractivity contribution < 1.29 is 17.6 Å². The summed E-state index contributed by atoms with van der Waals surface area (Å²) >= 11 is 0. The SMILES string of the molecule is Cc1ccc(NS(=O)(=O)c2cccc(C(=O)NCC(c3cccc(F)c3)N(C)C)c2)cc1. The monoisotopic (exact) mass is 455 g/mol. The number of halogens is 1. The van der Waals surface area contributed by atoms with Crippen LogP contribution in [0.4, 0.5) is 10.1 Å². The Kier molecular flexibility index (Phi) is 7.27. The Morgan fingerprint density at radius 3 is 2.34 bits per heavy atom. The molecule has 0 aliphatic heterocycles. The Labute approximate surface area is 188 Å². The minimum Gasteiger partial charge on any atom is -0.350 e. The molecular weight excluding hydrogens is 429 g/mol. The molecule has 0 spiro atoms. The van der Waals surface area contributed by atoms with Gasteiger partial charge in [-0.3, -0.25) is 9.52 Å². The van der Waals surface area contributed by atoms with Gasteiger partial charge in [0.15, 0.2) is 0 Å². The van der Waals surface area contributed by atoms with Crippen LogP contribution in [0, 0.1) is 12.7 Å². The van der Waals surface area contributed by atoms with Gasteiger partial charge in [0.25, 0.3) is 15.9 Å². The number of sulfonamides is 1. The molecule has 0 saturated carbocycles. The summed E-state index contributed by atoms with van der Waals surface area (Å²) in [5.41, 5.74) is 2.40. The quantitative estimate of drug-likeness (QED) is 0.539. The third-order valence-electron chi connectivity index (χ3n) is 5.02. The maximum absolute atomic E-state index is 13.6. The second kappa shape index (κ2) is 9.93. The third-order valence-corrected chi connectivity index (χ3v) is 6.40. The van der Waals surface area contributed by atoms with Crippen molar-refractivity contribution >= 4 is 21.6 Å². The highest BCUT2D eigenvalue weighted by molar-refractivity contribution is 7.92. The molecule has 0 fully saturated rings. The van der Waals surface area contributed by atoms with Crippen molar-refractivity contribution in [3.05, 3.63) is 95.3 Å². The first-order valence-electron chi connectivity index (χ1n) is 10.1. The van der Waals surface area contributed by atoms with Gasteiger partial charge >= 0.3 is 0 Å². The lowest BCUT2D eigenvalue weighted by molar-refractivity contribution is 0.0941. The molecule has 2 N–H and O–H groups in total. The first-order chi connectivity index (χ1) is 15.2. The van der Waals surface area contributed by atoms with Gasteiger partial charge in [-0.2, -0.15) is 0 Å². The number of anilines is 1. The van der Waals surface area contributed by atoms with Crippen LogP contribution in [0.3, 0.4) is 0 Å². The summed E-state index contributed by atoms with van der Waals surface area (Å²) in [7, 11) is -0.177. The van der Waals surface area contributed by atoms with E-state index in [9.17, 15) is 17.6 Å². The van der Waals surface area contributed by atoms with Crippen LogP contribution in [0.5, 0.6) is 0 Å². The van der Waals surface area contributed by atoms with Gasteiger partial charge in [0.1, 0.15) is 5.82 Å². The molecule has 168 valence electrons. The maximum Gasteiger partial charge on any atom is 0.261 e. The van der Waals surface area contributed by atoms with Gasteiger partial charge in [-0.05, 0) is 69.0 Å². The molecule has 0 aliphatic rings. The summed E-state index contributed by atoms with van der Waals surface area (Å²) in [5, 5.41) is 2.81. The van der Waals surface area contributed by atoms with Gasteiger partial charge in [0.05, 0.1) is 10.9 Å². The summed E-state index contributed by atoms with van der Waals surface area (Å²) in [4.78, 5) is 14.6. The lowest BCUT2D eigenvalue weighted by Gasteiger charge is -2.25. The number of carbonyl (C=O) groups excluding carboxylic acids is 1. The summed E-state index contributed by atoms with van der Waals surface area (Å²) in [6.45, 7) is 2.14. The van der Waals surface area contributed by atoms with Crippen molar-refractivity contribution in [1.82, 2.24) is 10.2 Å². The fraction of sp³-hybridized carbons (Fsp3) is 0.208. The number of nitrogens with zero attached hydrogens (tertiary/aromatic N) is 1. The fourth-order valence-corrected chi connectivity index (χ4v) is 4.35. The van der Waals surface area contributed by atoms with E-state index in [0.29, 0.717) is 5.69 Å². The van der Waals surface area contributed by atoms with Crippen molar-refractivity contribution in [2.45, 2.75) is 17.9 Å². The van der Waals surface area contributed by atoms with E-state index in [0.717, 1.165) is 11.1 Å². The first-order valence-corrected chi connectivity index (χ1v) is 11.5. The Hall–Kier alpha value is -3.23. The molecule has 1 atom stereocenters. The van der Waals surface area contributed by atoms with Crippen LogP contribution in [0.25, 0.3) is 0 Å². The summed E-state index contributed by atoms with van der Waals surface area (Å²) < 4.78 is 41.6. The molecule has 3 rings (SSSR count). The topological polar surface area (TPSA) is 78.5 Å². The number of hydrogen-bond donors (Lipinski definition) is 2. The highest BCUT2D eigenvalue weighted by atomic mass is 32.2. The maximum atomic E-state index is 13.6. The van der Waals surface area contributed by atoms with Crippen molar-refractivity contribution in [2.75, 3.05) is 25.4 Å². The second-order valence-electron chi connectivity index (χ2n) is 7.74. The molecule has 0 saturated heterocycles. The Bertz CT molecular complexity index is 1200. The molecule has 0 heterocycles. The number of carbonyl (C=O) groups is 1. The lowest BCUT2D eigenvalue weighted by Crippen LogP contribution is -2.34. The van der Waals surface area contributed by atoms with Crippen molar-refractivity contribution in [1.29, 1.82) is 0 Å². The first kappa shape index (κ1) is 23.4. The predicted molar refractivity (Wildman–Crippen MR) is 124 cm³/mol. The molecular formula is C24H26FN3O3S. The van der Waals surface area contributed by atoms with Gasteiger partial charge < -0.3 is 10.2 Å². The Morgan fingerprint density at radius 2 is 1.69 bits per heavy atom. The lowest BCUT2D eigenvalue weighted by atomic mass is 10.1. The molecule has 3 aromatic rings. The Balaban J connectivity index is 1.73. The minimum absolute atomic E-state index is 0.0139. The summed E-state index contributed by atoms with van der Waals surface area (Å²) in [5.74, 6) is -0.764. The number of nitrogens with one attached hydrogen (secondary N) is 2. The largest absolute Gasteiger partial charge is 0.350 e. The second-order valence-corrected chi connectivity index (χ2v) is 9.43. The molecule has 1 unspecified atom stereocenters. The zero-order valence-electron chi connectivity index (χ0n) is 18.2. The number of benzene rings is 3. The summed E-state index contributed by atoms with van der Waals surface area (Å²) in [6, 6.07) is 18.8. The number of likely N-dealkylation sites (N-methyl/N-ethyl adjacent to an activating group) is 1. The van der Waals surface area contributed by atoms with E-state index in [1.54, 1.807) is 30.3 Å². The van der Waals surface area contributed by atoms with E-state index in [2.05, 4.69) is 10.0 Å².